The molecule has 3 aromatic rings. The van der Waals surface area contributed by atoms with E-state index in [1.54, 1.807) is 23.1 Å². The van der Waals surface area contributed by atoms with Crippen LogP contribution in [0.3, 0.4) is 0 Å². The predicted molar refractivity (Wildman–Crippen MR) is 141 cm³/mol. The van der Waals surface area contributed by atoms with Crippen molar-refractivity contribution in [3.05, 3.63) is 59.5 Å². The van der Waals surface area contributed by atoms with Crippen molar-refractivity contribution in [3.8, 4) is 17.0 Å². The molecule has 0 spiro atoms. The van der Waals surface area contributed by atoms with Crippen molar-refractivity contribution in [2.24, 2.45) is 0 Å². The van der Waals surface area contributed by atoms with E-state index in [4.69, 9.17) is 4.98 Å². The van der Waals surface area contributed by atoms with E-state index in [9.17, 15) is 15.0 Å². The molecule has 1 saturated carbocycles. The van der Waals surface area contributed by atoms with Crippen LogP contribution in [0.2, 0.25) is 0 Å². The molecule has 0 saturated heterocycles. The number of phenols is 1. The van der Waals surface area contributed by atoms with Crippen LogP contribution in [0, 0.1) is 6.92 Å². The van der Waals surface area contributed by atoms with Crippen molar-refractivity contribution >= 4 is 11.9 Å². The number of fused-ring (bicyclic) bond motifs is 1. The Balaban J connectivity index is 0.00000148. The summed E-state index contributed by atoms with van der Waals surface area (Å²) in [5.74, 6) is 0.601. The van der Waals surface area contributed by atoms with Gasteiger partial charge in [-0.1, -0.05) is 45.2 Å². The van der Waals surface area contributed by atoms with Gasteiger partial charge in [0.1, 0.15) is 11.4 Å². The fourth-order valence-electron chi connectivity index (χ4n) is 5.11. The summed E-state index contributed by atoms with van der Waals surface area (Å²) in [6, 6.07) is 8.49. The third kappa shape index (κ3) is 5.38. The van der Waals surface area contributed by atoms with Crippen molar-refractivity contribution in [1.82, 2.24) is 19.4 Å². The largest absolute Gasteiger partial charge is 0.508 e. The molecule has 2 aromatic heterocycles. The van der Waals surface area contributed by atoms with Crippen LogP contribution in [0.1, 0.15) is 73.6 Å². The van der Waals surface area contributed by atoms with Crippen molar-refractivity contribution < 1.29 is 15.0 Å². The number of aliphatic hydroxyl groups excluding tert-OH is 1. The zero-order valence-electron chi connectivity index (χ0n) is 21.4. The number of amides is 1. The van der Waals surface area contributed by atoms with E-state index in [-0.39, 0.29) is 18.3 Å². The van der Waals surface area contributed by atoms with Crippen LogP contribution in [-0.4, -0.2) is 54.7 Å². The van der Waals surface area contributed by atoms with Crippen LogP contribution < -0.4 is 5.32 Å². The lowest BCUT2D eigenvalue weighted by atomic mass is 9.96. The van der Waals surface area contributed by atoms with Gasteiger partial charge in [-0.15, -0.1) is 0 Å². The van der Waals surface area contributed by atoms with E-state index in [0.717, 1.165) is 29.7 Å². The lowest BCUT2D eigenvalue weighted by Gasteiger charge is -2.34. The Morgan fingerprint density at radius 1 is 1.14 bits per heavy atom. The Morgan fingerprint density at radius 2 is 1.92 bits per heavy atom. The Bertz CT molecular complexity index is 1190. The molecule has 1 fully saturated rings. The van der Waals surface area contributed by atoms with Crippen LogP contribution in [0.4, 0.5) is 5.95 Å². The lowest BCUT2D eigenvalue weighted by molar-refractivity contribution is 0.0525. The molecule has 8 heteroatoms. The minimum Gasteiger partial charge on any atom is -0.508 e. The van der Waals surface area contributed by atoms with Crippen LogP contribution in [0.5, 0.6) is 5.75 Å². The number of aliphatic hydroxyl groups is 1. The predicted octanol–water partition coefficient (Wildman–Crippen LogP) is 4.92. The van der Waals surface area contributed by atoms with Gasteiger partial charge >= 0.3 is 0 Å². The number of benzene rings is 1. The number of carbonyl (C=O) groups is 1. The smallest absolute Gasteiger partial charge is 0.271 e. The maximum Gasteiger partial charge on any atom is 0.271 e. The van der Waals surface area contributed by atoms with Gasteiger partial charge in [-0.05, 0) is 49.1 Å². The highest BCUT2D eigenvalue weighted by molar-refractivity contribution is 5.95. The first-order valence-corrected chi connectivity index (χ1v) is 13.0. The van der Waals surface area contributed by atoms with E-state index in [1.807, 2.05) is 49.9 Å². The van der Waals surface area contributed by atoms with Crippen LogP contribution >= 0.6 is 0 Å². The zero-order chi connectivity index (χ0) is 25.7. The fourth-order valence-corrected chi connectivity index (χ4v) is 5.11. The molecule has 1 unspecified atom stereocenters. The molecule has 3 heterocycles. The molecule has 0 radical (unpaired) electrons. The maximum absolute atomic E-state index is 13.4. The number of hydrogen-bond acceptors (Lipinski definition) is 6. The zero-order valence-corrected chi connectivity index (χ0v) is 21.4. The summed E-state index contributed by atoms with van der Waals surface area (Å²) in [7, 11) is 0. The van der Waals surface area contributed by atoms with E-state index >= 15 is 0 Å². The summed E-state index contributed by atoms with van der Waals surface area (Å²) in [5, 5.41) is 23.4. The molecule has 1 aliphatic carbocycles. The molecule has 36 heavy (non-hydrogen) atoms. The van der Waals surface area contributed by atoms with E-state index in [1.165, 1.54) is 19.3 Å². The van der Waals surface area contributed by atoms with Gasteiger partial charge in [-0.3, -0.25) is 4.79 Å². The fraction of sp³-hybridized carbons (Fsp3) is 0.464. The van der Waals surface area contributed by atoms with Crippen LogP contribution in [0.15, 0.2) is 42.7 Å². The average molecular weight is 492 g/mol. The number of aromatic hydroxyl groups is 1. The van der Waals surface area contributed by atoms with Crippen LogP contribution in [-0.2, 0) is 6.54 Å². The number of nitrogens with zero attached hydrogens (tertiary/aromatic N) is 4. The molecule has 0 bridgehead atoms. The molecule has 1 aromatic carbocycles. The first-order valence-electron chi connectivity index (χ1n) is 13.0. The molecule has 192 valence electrons. The van der Waals surface area contributed by atoms with Gasteiger partial charge < -0.3 is 25.0 Å². The highest BCUT2D eigenvalue weighted by Gasteiger charge is 2.32. The first kappa shape index (κ1) is 25.7. The van der Waals surface area contributed by atoms with Gasteiger partial charge in [0.05, 0.1) is 18.3 Å². The second-order valence-electron chi connectivity index (χ2n) is 9.30. The van der Waals surface area contributed by atoms with Crippen molar-refractivity contribution in [2.75, 3.05) is 18.5 Å². The minimum absolute atomic E-state index is 0.114. The topological polar surface area (TPSA) is 104 Å². The SMILES string of the molecule is CC.Cc1cnc(NC2CCCCC2)nc1-c1cc2n(c1)CCN(C(CO)c1cccc(O)c1)C2=O. The molecule has 1 amide bonds. The second kappa shape index (κ2) is 11.6. The number of carbonyl (C=O) groups excluding carboxylic acids is 1. The van der Waals surface area contributed by atoms with Crippen molar-refractivity contribution in [1.29, 1.82) is 0 Å². The number of aromatic nitrogens is 3. The molecule has 1 atom stereocenters. The summed E-state index contributed by atoms with van der Waals surface area (Å²) in [6.45, 7) is 6.85. The standard InChI is InChI=1S/C26H31N5O3.C2H6/c1-17-14-27-26(28-20-7-3-2-4-8-20)29-24(17)19-13-22-25(34)31(11-10-30(22)15-19)23(16-32)18-6-5-9-21(33)12-18;1-2/h5-6,9,12-15,20,23,32-33H,2-4,7-8,10-11,16H2,1H3,(H,27,28,29);1-2H3. The average Bonchev–Trinajstić information content (AvgIpc) is 3.34. The molecule has 1 aliphatic heterocycles. The van der Waals surface area contributed by atoms with E-state index < -0.39 is 6.04 Å². The number of rotatable bonds is 6. The minimum atomic E-state index is -0.515. The number of aryl methyl sites for hydroxylation is 1. The summed E-state index contributed by atoms with van der Waals surface area (Å²) in [6.07, 6.45) is 9.86. The van der Waals surface area contributed by atoms with E-state index in [0.29, 0.717) is 36.3 Å². The van der Waals surface area contributed by atoms with Gasteiger partial charge in [0.25, 0.3) is 5.91 Å². The first-order chi connectivity index (χ1) is 17.5. The lowest BCUT2D eigenvalue weighted by Crippen LogP contribution is -2.43. The van der Waals surface area contributed by atoms with Crippen LogP contribution in [0.25, 0.3) is 11.3 Å². The maximum atomic E-state index is 13.4. The summed E-state index contributed by atoms with van der Waals surface area (Å²) < 4.78 is 1.96. The quantitative estimate of drug-likeness (QED) is 0.452. The van der Waals surface area contributed by atoms with Crippen molar-refractivity contribution in [2.45, 2.75) is 71.5 Å². The normalized spacial score (nSPS) is 16.7. The highest BCUT2D eigenvalue weighted by atomic mass is 16.3. The molecule has 5 rings (SSSR count). The van der Waals surface area contributed by atoms with E-state index in [2.05, 4.69) is 10.3 Å². The Hall–Kier alpha value is -3.39. The summed E-state index contributed by atoms with van der Waals surface area (Å²) >= 11 is 0. The van der Waals surface area contributed by atoms with Crippen molar-refractivity contribution in [3.63, 3.8) is 0 Å². The van der Waals surface area contributed by atoms with Gasteiger partial charge in [-0.2, -0.15) is 0 Å². The van der Waals surface area contributed by atoms with Gasteiger partial charge in [0.2, 0.25) is 5.95 Å². The molecule has 2 aliphatic rings. The van der Waals surface area contributed by atoms with Gasteiger partial charge in [-0.25, -0.2) is 9.97 Å². The number of anilines is 1. The molecule has 8 nitrogen and oxygen atoms in total. The number of hydrogen-bond donors (Lipinski definition) is 3. The Labute approximate surface area is 213 Å². The monoisotopic (exact) mass is 491 g/mol. The third-order valence-corrected chi connectivity index (χ3v) is 6.95. The highest BCUT2D eigenvalue weighted by Crippen LogP contribution is 2.31. The molecular formula is C28H37N5O3. The molecular weight excluding hydrogens is 454 g/mol. The Kier molecular flexibility index (Phi) is 8.25. The second-order valence-corrected chi connectivity index (χ2v) is 9.30. The molecule has 3 N–H and O–H groups in total. The Morgan fingerprint density at radius 3 is 2.64 bits per heavy atom. The number of phenolic OH excluding ortho intramolecular Hbond substituents is 1. The summed E-state index contributed by atoms with van der Waals surface area (Å²) in [4.78, 5) is 24.4. The third-order valence-electron chi connectivity index (χ3n) is 6.95. The summed E-state index contributed by atoms with van der Waals surface area (Å²) in [5.41, 5.74) is 3.94. The van der Waals surface area contributed by atoms with Gasteiger partial charge in [0.15, 0.2) is 0 Å². The number of nitrogens with one attached hydrogen (secondary N) is 1. The van der Waals surface area contributed by atoms with Gasteiger partial charge in [0, 0.05) is 37.1 Å².